The van der Waals surface area contributed by atoms with Gasteiger partial charge in [-0.25, -0.2) is 5.43 Å². The van der Waals surface area contributed by atoms with E-state index in [4.69, 9.17) is 33.8 Å². The lowest BCUT2D eigenvalue weighted by Crippen LogP contribution is -2.29. The Kier molecular flexibility index (Phi) is 3.85. The fourth-order valence-electron chi connectivity index (χ4n) is 2.49. The third-order valence-corrected chi connectivity index (χ3v) is 4.05. The van der Waals surface area contributed by atoms with Gasteiger partial charge in [0.15, 0.2) is 0 Å². The number of rotatable bonds is 3. The maximum atomic E-state index is 6.27. The molecule has 0 bridgehead atoms. The lowest BCUT2D eigenvalue weighted by Gasteiger charge is -2.19. The highest BCUT2D eigenvalue weighted by atomic mass is 35.5. The maximum absolute atomic E-state index is 6.27. The molecule has 3 nitrogen and oxygen atoms in total. The molecule has 1 aliphatic heterocycles. The molecule has 0 aromatic heterocycles. The van der Waals surface area contributed by atoms with Gasteiger partial charge < -0.3 is 4.74 Å². The number of ether oxygens (including phenoxy) is 1. The lowest BCUT2D eigenvalue weighted by molar-refractivity contribution is 0.357. The van der Waals surface area contributed by atoms with E-state index < -0.39 is 0 Å². The molecule has 1 aliphatic rings. The second-order valence-corrected chi connectivity index (χ2v) is 5.57. The van der Waals surface area contributed by atoms with Crippen molar-refractivity contribution in [1.82, 2.24) is 5.43 Å². The molecule has 1 heterocycles. The van der Waals surface area contributed by atoms with Crippen LogP contribution in [0.1, 0.15) is 22.7 Å². The first-order chi connectivity index (χ1) is 9.69. The minimum Gasteiger partial charge on any atom is -0.493 e. The van der Waals surface area contributed by atoms with E-state index in [9.17, 15) is 0 Å². The van der Waals surface area contributed by atoms with Crippen molar-refractivity contribution < 1.29 is 4.74 Å². The van der Waals surface area contributed by atoms with Crippen LogP contribution in [0.5, 0.6) is 5.75 Å². The van der Waals surface area contributed by atoms with Gasteiger partial charge in [-0.1, -0.05) is 41.4 Å². The largest absolute Gasteiger partial charge is 0.493 e. The molecule has 3 rings (SSSR count). The van der Waals surface area contributed by atoms with E-state index in [1.807, 2.05) is 24.3 Å². The molecule has 5 heteroatoms. The number of fused-ring (bicyclic) bond motifs is 1. The van der Waals surface area contributed by atoms with Crippen LogP contribution in [-0.2, 0) is 6.42 Å². The second kappa shape index (κ2) is 5.62. The molecule has 104 valence electrons. The van der Waals surface area contributed by atoms with Crippen molar-refractivity contribution in [2.75, 3.05) is 6.61 Å². The Bertz CT molecular complexity index is 646. The molecule has 0 fully saturated rings. The van der Waals surface area contributed by atoms with Crippen molar-refractivity contribution in [2.24, 2.45) is 5.84 Å². The number of hydrogen-bond donors (Lipinski definition) is 2. The molecule has 2 aromatic rings. The fraction of sp³-hybridized carbons (Fsp3) is 0.200. The summed E-state index contributed by atoms with van der Waals surface area (Å²) in [5.74, 6) is 6.67. The van der Waals surface area contributed by atoms with Crippen LogP contribution in [0.15, 0.2) is 36.4 Å². The average Bonchev–Trinajstić information content (AvgIpc) is 2.89. The van der Waals surface area contributed by atoms with Crippen LogP contribution < -0.4 is 16.0 Å². The first-order valence-corrected chi connectivity index (χ1v) is 7.11. The quantitative estimate of drug-likeness (QED) is 0.674. The highest BCUT2D eigenvalue weighted by Crippen LogP contribution is 2.33. The standard InChI is InChI=1S/C15H14Cl2N2O/c16-11-2-3-12(13(17)8-11)15(19-18)10-1-4-14-9(7-10)5-6-20-14/h1-4,7-8,15,19H,5-6,18H2. The summed E-state index contributed by atoms with van der Waals surface area (Å²) in [6, 6.07) is 11.3. The topological polar surface area (TPSA) is 47.3 Å². The Balaban J connectivity index is 2.01. The predicted octanol–water partition coefficient (Wildman–Crippen LogP) is 3.48. The minimum atomic E-state index is -0.175. The maximum Gasteiger partial charge on any atom is 0.122 e. The van der Waals surface area contributed by atoms with Crippen LogP contribution in [0, 0.1) is 0 Å². The highest BCUT2D eigenvalue weighted by Gasteiger charge is 2.19. The molecule has 0 aliphatic carbocycles. The number of nitrogens with two attached hydrogens (primary N) is 1. The van der Waals surface area contributed by atoms with Crippen LogP contribution in [0.25, 0.3) is 0 Å². The lowest BCUT2D eigenvalue weighted by atomic mass is 9.97. The minimum absolute atomic E-state index is 0.175. The van der Waals surface area contributed by atoms with Crippen LogP contribution in [0.4, 0.5) is 0 Å². The molecule has 0 spiro atoms. The van der Waals surface area contributed by atoms with Gasteiger partial charge in [0, 0.05) is 16.5 Å². The Morgan fingerprint density at radius 3 is 2.75 bits per heavy atom. The van der Waals surface area contributed by atoms with Crippen molar-refractivity contribution >= 4 is 23.2 Å². The van der Waals surface area contributed by atoms with Crippen LogP contribution in [0.3, 0.4) is 0 Å². The first kappa shape index (κ1) is 13.7. The van der Waals surface area contributed by atoms with E-state index in [1.54, 1.807) is 6.07 Å². The van der Waals surface area contributed by atoms with E-state index in [2.05, 4.69) is 11.5 Å². The Labute approximate surface area is 127 Å². The van der Waals surface area contributed by atoms with E-state index in [0.29, 0.717) is 10.0 Å². The molecule has 2 aromatic carbocycles. The molecular formula is C15H14Cl2N2O. The average molecular weight is 309 g/mol. The summed E-state index contributed by atoms with van der Waals surface area (Å²) in [4.78, 5) is 0. The van der Waals surface area contributed by atoms with E-state index >= 15 is 0 Å². The molecule has 0 saturated carbocycles. The zero-order chi connectivity index (χ0) is 14.1. The number of hydrazine groups is 1. The van der Waals surface area contributed by atoms with Crippen LogP contribution >= 0.6 is 23.2 Å². The number of benzene rings is 2. The molecule has 0 amide bonds. The fourth-order valence-corrected chi connectivity index (χ4v) is 3.00. The summed E-state index contributed by atoms with van der Waals surface area (Å²) in [5, 5.41) is 1.20. The van der Waals surface area contributed by atoms with Gasteiger partial charge in [-0.05, 0) is 34.9 Å². The van der Waals surface area contributed by atoms with Gasteiger partial charge >= 0.3 is 0 Å². The van der Waals surface area contributed by atoms with Gasteiger partial charge in [-0.3, -0.25) is 5.84 Å². The van der Waals surface area contributed by atoms with Gasteiger partial charge in [-0.15, -0.1) is 0 Å². The van der Waals surface area contributed by atoms with Gasteiger partial charge in [0.2, 0.25) is 0 Å². The molecule has 1 atom stereocenters. The summed E-state index contributed by atoms with van der Waals surface area (Å²) in [5.41, 5.74) is 5.98. The summed E-state index contributed by atoms with van der Waals surface area (Å²) < 4.78 is 5.52. The number of hydrogen-bond acceptors (Lipinski definition) is 3. The zero-order valence-corrected chi connectivity index (χ0v) is 12.2. The predicted molar refractivity (Wildman–Crippen MR) is 81.3 cm³/mol. The highest BCUT2D eigenvalue weighted by molar-refractivity contribution is 6.35. The monoisotopic (exact) mass is 308 g/mol. The van der Waals surface area contributed by atoms with Gasteiger partial charge in [0.05, 0.1) is 12.6 Å². The van der Waals surface area contributed by atoms with E-state index in [1.165, 1.54) is 5.56 Å². The Morgan fingerprint density at radius 2 is 2.00 bits per heavy atom. The molecule has 0 radical (unpaired) electrons. The van der Waals surface area contributed by atoms with Crippen molar-refractivity contribution in [2.45, 2.75) is 12.5 Å². The molecule has 1 unspecified atom stereocenters. The smallest absolute Gasteiger partial charge is 0.122 e. The molecule has 20 heavy (non-hydrogen) atoms. The first-order valence-electron chi connectivity index (χ1n) is 6.36. The summed E-state index contributed by atoms with van der Waals surface area (Å²) in [6.07, 6.45) is 0.925. The van der Waals surface area contributed by atoms with Crippen molar-refractivity contribution in [3.8, 4) is 5.75 Å². The van der Waals surface area contributed by atoms with E-state index in [-0.39, 0.29) is 6.04 Å². The van der Waals surface area contributed by atoms with Crippen molar-refractivity contribution in [3.05, 3.63) is 63.1 Å². The third-order valence-electron chi connectivity index (χ3n) is 3.49. The second-order valence-electron chi connectivity index (χ2n) is 4.73. The normalized spacial score (nSPS) is 14.8. The van der Waals surface area contributed by atoms with Crippen molar-refractivity contribution in [1.29, 1.82) is 0 Å². The Hall–Kier alpha value is -1.26. The van der Waals surface area contributed by atoms with Crippen LogP contribution in [-0.4, -0.2) is 6.61 Å². The SMILES string of the molecule is NNC(c1ccc2c(c1)CCO2)c1ccc(Cl)cc1Cl. The third kappa shape index (κ3) is 2.50. The number of nitrogens with one attached hydrogen (secondary N) is 1. The summed E-state index contributed by atoms with van der Waals surface area (Å²) in [7, 11) is 0. The van der Waals surface area contributed by atoms with Gasteiger partial charge in [-0.2, -0.15) is 0 Å². The van der Waals surface area contributed by atoms with Crippen molar-refractivity contribution in [3.63, 3.8) is 0 Å². The van der Waals surface area contributed by atoms with Gasteiger partial charge in [0.1, 0.15) is 5.75 Å². The van der Waals surface area contributed by atoms with Crippen LogP contribution in [0.2, 0.25) is 10.0 Å². The van der Waals surface area contributed by atoms with Gasteiger partial charge in [0.25, 0.3) is 0 Å². The summed E-state index contributed by atoms with van der Waals surface area (Å²) >= 11 is 12.2. The molecule has 3 N–H and O–H groups in total. The zero-order valence-electron chi connectivity index (χ0n) is 10.7. The number of halogens is 2. The molecular weight excluding hydrogens is 295 g/mol. The Morgan fingerprint density at radius 1 is 1.15 bits per heavy atom. The van der Waals surface area contributed by atoms with E-state index in [0.717, 1.165) is 29.9 Å². The summed E-state index contributed by atoms with van der Waals surface area (Å²) in [6.45, 7) is 0.737. The molecule has 0 saturated heterocycles.